The molecule has 0 aliphatic heterocycles. The summed E-state index contributed by atoms with van der Waals surface area (Å²) in [6, 6.07) is 21.7. The Morgan fingerprint density at radius 3 is 1.78 bits per heavy atom. The van der Waals surface area contributed by atoms with E-state index in [2.05, 4.69) is 0 Å². The van der Waals surface area contributed by atoms with Gasteiger partial charge >= 0.3 is 0 Å². The molecule has 0 heterocycles. The quantitative estimate of drug-likeness (QED) is 0.686. The SMILES string of the molecule is CC(=O)c1ccc(S(=O)(=O)NC(=O)c2ccc(-c3ccccc3)cc2)cc1. The number of benzene rings is 3. The highest BCUT2D eigenvalue weighted by molar-refractivity contribution is 7.90. The largest absolute Gasteiger partial charge is 0.295 e. The van der Waals surface area contributed by atoms with Gasteiger partial charge in [0.25, 0.3) is 15.9 Å². The molecule has 0 saturated carbocycles. The van der Waals surface area contributed by atoms with Gasteiger partial charge in [0.1, 0.15) is 0 Å². The highest BCUT2D eigenvalue weighted by Crippen LogP contribution is 2.19. The normalized spacial score (nSPS) is 11.0. The first-order valence-electron chi connectivity index (χ1n) is 8.20. The number of Topliss-reactive ketones (excluding diaryl/α,β-unsaturated/α-hetero) is 1. The van der Waals surface area contributed by atoms with Crippen LogP contribution in [0.15, 0.2) is 83.8 Å². The van der Waals surface area contributed by atoms with Crippen molar-refractivity contribution in [1.82, 2.24) is 4.72 Å². The van der Waals surface area contributed by atoms with Crippen LogP contribution in [0.4, 0.5) is 0 Å². The van der Waals surface area contributed by atoms with Gasteiger partial charge < -0.3 is 0 Å². The Morgan fingerprint density at radius 2 is 1.22 bits per heavy atom. The molecule has 0 atom stereocenters. The van der Waals surface area contributed by atoms with E-state index >= 15 is 0 Å². The zero-order chi connectivity index (χ0) is 19.4. The molecule has 0 aliphatic rings. The third-order valence-electron chi connectivity index (χ3n) is 4.05. The Kier molecular flexibility index (Phi) is 5.19. The summed E-state index contributed by atoms with van der Waals surface area (Å²) >= 11 is 0. The number of carbonyl (C=O) groups is 2. The summed E-state index contributed by atoms with van der Waals surface area (Å²) in [6.45, 7) is 1.39. The maximum atomic E-state index is 12.4. The monoisotopic (exact) mass is 379 g/mol. The maximum absolute atomic E-state index is 12.4. The van der Waals surface area contributed by atoms with Crippen LogP contribution in [0.5, 0.6) is 0 Å². The van der Waals surface area contributed by atoms with E-state index < -0.39 is 15.9 Å². The molecule has 0 unspecified atom stereocenters. The van der Waals surface area contributed by atoms with Gasteiger partial charge in [0, 0.05) is 11.1 Å². The molecule has 0 aromatic heterocycles. The van der Waals surface area contributed by atoms with Crippen LogP contribution >= 0.6 is 0 Å². The second-order valence-corrected chi connectivity index (χ2v) is 7.64. The third-order valence-corrected chi connectivity index (χ3v) is 5.40. The van der Waals surface area contributed by atoms with Crippen LogP contribution in [0.25, 0.3) is 11.1 Å². The van der Waals surface area contributed by atoms with Crippen LogP contribution in [0.2, 0.25) is 0 Å². The van der Waals surface area contributed by atoms with Gasteiger partial charge in [-0.25, -0.2) is 13.1 Å². The number of sulfonamides is 1. The molecule has 0 bridgehead atoms. The van der Waals surface area contributed by atoms with Crippen molar-refractivity contribution in [2.24, 2.45) is 0 Å². The molecule has 0 spiro atoms. The summed E-state index contributed by atoms with van der Waals surface area (Å²) in [5.74, 6) is -0.883. The highest BCUT2D eigenvalue weighted by Gasteiger charge is 2.19. The standard InChI is InChI=1S/C21H17NO4S/c1-15(23)16-11-13-20(14-12-16)27(25,26)22-21(24)19-9-7-18(8-10-19)17-5-3-2-4-6-17/h2-14H,1H3,(H,22,24). The number of carbonyl (C=O) groups excluding carboxylic acids is 2. The summed E-state index contributed by atoms with van der Waals surface area (Å²) in [6.07, 6.45) is 0. The summed E-state index contributed by atoms with van der Waals surface area (Å²) in [5, 5.41) is 0. The number of nitrogens with one attached hydrogen (secondary N) is 1. The maximum Gasteiger partial charge on any atom is 0.264 e. The van der Waals surface area contributed by atoms with Crippen LogP contribution in [0.1, 0.15) is 27.6 Å². The van der Waals surface area contributed by atoms with Gasteiger partial charge in [-0.1, -0.05) is 54.6 Å². The van der Waals surface area contributed by atoms with Crippen LogP contribution < -0.4 is 4.72 Å². The van der Waals surface area contributed by atoms with Gasteiger partial charge in [0.05, 0.1) is 4.90 Å². The van der Waals surface area contributed by atoms with Gasteiger partial charge in [-0.15, -0.1) is 0 Å². The Balaban J connectivity index is 1.77. The molecule has 3 aromatic carbocycles. The lowest BCUT2D eigenvalue weighted by Gasteiger charge is -2.08. The Morgan fingerprint density at radius 1 is 0.704 bits per heavy atom. The minimum absolute atomic E-state index is 0.0817. The molecule has 136 valence electrons. The van der Waals surface area contributed by atoms with Gasteiger partial charge in [-0.2, -0.15) is 0 Å². The molecule has 6 heteroatoms. The fourth-order valence-electron chi connectivity index (χ4n) is 2.55. The molecule has 0 aliphatic carbocycles. The Labute approximate surface area is 157 Å². The third kappa shape index (κ3) is 4.30. The van der Waals surface area contributed by atoms with Gasteiger partial charge in [0.2, 0.25) is 0 Å². The number of ketones is 1. The number of amides is 1. The summed E-state index contributed by atoms with van der Waals surface area (Å²) in [4.78, 5) is 23.5. The number of rotatable bonds is 5. The summed E-state index contributed by atoms with van der Waals surface area (Å²) in [5.41, 5.74) is 2.56. The lowest BCUT2D eigenvalue weighted by Crippen LogP contribution is -2.30. The molecule has 27 heavy (non-hydrogen) atoms. The van der Waals surface area contributed by atoms with E-state index in [1.807, 2.05) is 35.1 Å². The molecule has 3 aromatic rings. The average molecular weight is 379 g/mol. The van der Waals surface area contributed by atoms with Crippen molar-refractivity contribution in [2.75, 3.05) is 0 Å². The lowest BCUT2D eigenvalue weighted by molar-refractivity contribution is 0.0979. The average Bonchev–Trinajstić information content (AvgIpc) is 2.68. The Hall–Kier alpha value is -3.25. The predicted molar refractivity (Wildman–Crippen MR) is 103 cm³/mol. The second kappa shape index (κ2) is 7.55. The smallest absolute Gasteiger partial charge is 0.264 e. The van der Waals surface area contributed by atoms with Crippen molar-refractivity contribution in [2.45, 2.75) is 11.8 Å². The molecular weight excluding hydrogens is 362 g/mol. The molecule has 0 fully saturated rings. The lowest BCUT2D eigenvalue weighted by atomic mass is 10.0. The van der Waals surface area contributed by atoms with Crippen molar-refractivity contribution >= 4 is 21.7 Å². The van der Waals surface area contributed by atoms with Crippen molar-refractivity contribution in [1.29, 1.82) is 0 Å². The number of hydrogen-bond acceptors (Lipinski definition) is 4. The summed E-state index contributed by atoms with van der Waals surface area (Å²) in [7, 11) is -4.02. The first-order chi connectivity index (χ1) is 12.9. The molecule has 1 N–H and O–H groups in total. The minimum Gasteiger partial charge on any atom is -0.295 e. The van der Waals surface area contributed by atoms with Crippen molar-refractivity contribution < 1.29 is 18.0 Å². The zero-order valence-corrected chi connectivity index (χ0v) is 15.4. The van der Waals surface area contributed by atoms with Gasteiger partial charge in [-0.05, 0) is 42.3 Å². The van der Waals surface area contributed by atoms with Crippen molar-refractivity contribution in [3.63, 3.8) is 0 Å². The minimum atomic E-state index is -4.02. The van der Waals surface area contributed by atoms with E-state index in [9.17, 15) is 18.0 Å². The van der Waals surface area contributed by atoms with Crippen LogP contribution in [0.3, 0.4) is 0 Å². The van der Waals surface area contributed by atoms with Crippen molar-refractivity contribution in [3.8, 4) is 11.1 Å². The van der Waals surface area contributed by atoms with Gasteiger partial charge in [-0.3, -0.25) is 9.59 Å². The van der Waals surface area contributed by atoms with E-state index in [0.29, 0.717) is 5.56 Å². The number of hydrogen-bond donors (Lipinski definition) is 1. The first-order valence-corrected chi connectivity index (χ1v) is 9.69. The van der Waals surface area contributed by atoms with Crippen LogP contribution in [-0.4, -0.2) is 20.1 Å². The summed E-state index contributed by atoms with van der Waals surface area (Å²) < 4.78 is 26.8. The molecule has 1 amide bonds. The highest BCUT2D eigenvalue weighted by atomic mass is 32.2. The van der Waals surface area contributed by atoms with E-state index in [0.717, 1.165) is 11.1 Å². The molecular formula is C21H17NO4S. The zero-order valence-electron chi connectivity index (χ0n) is 14.5. The Bertz CT molecular complexity index is 1070. The van der Waals surface area contributed by atoms with Crippen LogP contribution in [-0.2, 0) is 10.0 Å². The predicted octanol–water partition coefficient (Wildman–Crippen LogP) is 3.67. The fourth-order valence-corrected chi connectivity index (χ4v) is 3.53. The topological polar surface area (TPSA) is 80.3 Å². The molecule has 5 nitrogen and oxygen atoms in total. The van der Waals surface area contributed by atoms with E-state index in [4.69, 9.17) is 0 Å². The van der Waals surface area contributed by atoms with E-state index in [-0.39, 0.29) is 16.2 Å². The van der Waals surface area contributed by atoms with E-state index in [1.54, 1.807) is 24.3 Å². The fraction of sp³-hybridized carbons (Fsp3) is 0.0476. The van der Waals surface area contributed by atoms with Crippen molar-refractivity contribution in [3.05, 3.63) is 90.0 Å². The first kappa shape index (κ1) is 18.5. The van der Waals surface area contributed by atoms with Gasteiger partial charge in [0.15, 0.2) is 5.78 Å². The van der Waals surface area contributed by atoms with Crippen LogP contribution in [0, 0.1) is 0 Å². The molecule has 0 radical (unpaired) electrons. The molecule has 0 saturated heterocycles. The second-order valence-electron chi connectivity index (χ2n) is 5.96. The van der Waals surface area contributed by atoms with E-state index in [1.165, 1.54) is 31.2 Å². The molecule has 3 rings (SSSR count).